The molecule has 24 heavy (non-hydrogen) atoms. The van der Waals surface area contributed by atoms with E-state index in [4.69, 9.17) is 0 Å². The van der Waals surface area contributed by atoms with Crippen molar-refractivity contribution in [2.45, 2.75) is 62.0 Å². The summed E-state index contributed by atoms with van der Waals surface area (Å²) in [5, 5.41) is 12.7. The molecule has 0 unspecified atom stereocenters. The summed E-state index contributed by atoms with van der Waals surface area (Å²) in [6.45, 7) is 0. The van der Waals surface area contributed by atoms with E-state index >= 15 is 0 Å². The highest BCUT2D eigenvalue weighted by atomic mass is 19.4. The van der Waals surface area contributed by atoms with E-state index in [0.29, 0.717) is 4.68 Å². The summed E-state index contributed by atoms with van der Waals surface area (Å²) in [5.41, 5.74) is -3.68. The molecule has 0 aliphatic heterocycles. The number of nitrogens with zero attached hydrogens (tertiary/aromatic N) is 2. The average Bonchev–Trinajstić information content (AvgIpc) is 2.98. The SMILES string of the molecule is O[C@H]1c2c(C(F)(F)F)nn([C@@H]3C[C@@H](F)[C@@H](F)[C@@H](F)C3)c2[C@@H](F)[C@H]1F. The molecule has 0 saturated heterocycles. The van der Waals surface area contributed by atoms with Crippen LogP contribution in [0.1, 0.15) is 48.1 Å². The highest BCUT2D eigenvalue weighted by Crippen LogP contribution is 2.50. The molecule has 3 nitrogen and oxygen atoms in total. The van der Waals surface area contributed by atoms with Crippen LogP contribution >= 0.6 is 0 Å². The fourth-order valence-electron chi connectivity index (χ4n) is 3.29. The summed E-state index contributed by atoms with van der Waals surface area (Å²) in [7, 11) is 0. The molecule has 3 rings (SSSR count). The fraction of sp³-hybridized carbons (Fsp3) is 0.769. The Hall–Kier alpha value is -1.39. The van der Waals surface area contributed by atoms with Crippen molar-refractivity contribution in [3.8, 4) is 0 Å². The molecule has 2 aliphatic carbocycles. The molecular formula is C13H12F8N2O. The number of hydrogen-bond acceptors (Lipinski definition) is 2. The van der Waals surface area contributed by atoms with Crippen molar-refractivity contribution in [1.29, 1.82) is 0 Å². The van der Waals surface area contributed by atoms with E-state index in [-0.39, 0.29) is 0 Å². The molecule has 0 radical (unpaired) electrons. The van der Waals surface area contributed by atoms with Crippen LogP contribution in [0.15, 0.2) is 0 Å². The van der Waals surface area contributed by atoms with Gasteiger partial charge in [0, 0.05) is 18.4 Å². The van der Waals surface area contributed by atoms with Gasteiger partial charge in [-0.25, -0.2) is 22.0 Å². The Morgan fingerprint density at radius 3 is 2.00 bits per heavy atom. The van der Waals surface area contributed by atoms with Gasteiger partial charge in [0.15, 0.2) is 24.2 Å². The minimum atomic E-state index is -5.12. The number of aliphatic hydroxyl groups is 1. The lowest BCUT2D eigenvalue weighted by Gasteiger charge is -2.31. The van der Waals surface area contributed by atoms with E-state index in [2.05, 4.69) is 5.10 Å². The van der Waals surface area contributed by atoms with Gasteiger partial charge in [-0.1, -0.05) is 0 Å². The number of aromatic nitrogens is 2. The molecular weight excluding hydrogens is 352 g/mol. The van der Waals surface area contributed by atoms with Gasteiger partial charge < -0.3 is 5.11 Å². The molecule has 2 aliphatic rings. The molecule has 1 aromatic rings. The molecule has 0 spiro atoms. The largest absolute Gasteiger partial charge is 0.435 e. The smallest absolute Gasteiger partial charge is 0.385 e. The lowest BCUT2D eigenvalue weighted by Crippen LogP contribution is -2.38. The standard InChI is InChI=1S/C13H12F8N2O/c14-4-1-3(2-5(15)7(4)16)23-10-6(11(24)9(18)8(10)17)12(22-23)13(19,20)21/h3-5,7-9,11,24H,1-2H2/t3-,4-,5+,7-,8-,9+,11-/m0/s1. The fourth-order valence-corrected chi connectivity index (χ4v) is 3.29. The van der Waals surface area contributed by atoms with E-state index < -0.39 is 79.0 Å². The second kappa shape index (κ2) is 5.57. The van der Waals surface area contributed by atoms with Crippen LogP contribution in [0.25, 0.3) is 0 Å². The topological polar surface area (TPSA) is 38.1 Å². The Balaban J connectivity index is 2.09. The Labute approximate surface area is 130 Å². The summed E-state index contributed by atoms with van der Waals surface area (Å²) in [6, 6.07) is -1.41. The van der Waals surface area contributed by atoms with Crippen molar-refractivity contribution >= 4 is 0 Å². The maximum absolute atomic E-state index is 14.0. The number of rotatable bonds is 1. The molecule has 11 heteroatoms. The van der Waals surface area contributed by atoms with Gasteiger partial charge in [0.25, 0.3) is 0 Å². The highest BCUT2D eigenvalue weighted by Gasteiger charge is 2.53. The van der Waals surface area contributed by atoms with Gasteiger partial charge >= 0.3 is 6.18 Å². The first-order chi connectivity index (χ1) is 11.0. The van der Waals surface area contributed by atoms with Crippen LogP contribution in [0.2, 0.25) is 0 Å². The highest BCUT2D eigenvalue weighted by molar-refractivity contribution is 5.39. The Morgan fingerprint density at radius 1 is 0.958 bits per heavy atom. The summed E-state index contributed by atoms with van der Waals surface area (Å²) >= 11 is 0. The van der Waals surface area contributed by atoms with Crippen LogP contribution in [-0.4, -0.2) is 39.6 Å². The molecule has 0 aromatic carbocycles. The summed E-state index contributed by atoms with van der Waals surface area (Å²) < 4.78 is 107. The molecule has 1 aromatic heterocycles. The third-order valence-electron chi connectivity index (χ3n) is 4.42. The Bertz CT molecular complexity index is 620. The first-order valence-electron chi connectivity index (χ1n) is 7.12. The van der Waals surface area contributed by atoms with Gasteiger partial charge in [0.1, 0.15) is 18.4 Å². The van der Waals surface area contributed by atoms with Crippen LogP contribution in [0.5, 0.6) is 0 Å². The molecule has 1 heterocycles. The third kappa shape index (κ3) is 2.47. The van der Waals surface area contributed by atoms with Crippen LogP contribution in [0, 0.1) is 0 Å². The number of alkyl halides is 8. The lowest BCUT2D eigenvalue weighted by atomic mass is 9.90. The van der Waals surface area contributed by atoms with Crippen molar-refractivity contribution in [2.75, 3.05) is 0 Å². The second-order valence-corrected chi connectivity index (χ2v) is 5.98. The monoisotopic (exact) mass is 364 g/mol. The molecule has 1 N–H and O–H groups in total. The molecule has 7 atom stereocenters. The van der Waals surface area contributed by atoms with Crippen LogP contribution in [0.4, 0.5) is 35.1 Å². The Kier molecular flexibility index (Phi) is 4.04. The van der Waals surface area contributed by atoms with Crippen LogP contribution < -0.4 is 0 Å². The molecule has 0 amide bonds. The predicted octanol–water partition coefficient (Wildman–Crippen LogP) is 3.65. The number of aliphatic hydroxyl groups excluding tert-OH is 1. The molecule has 0 bridgehead atoms. The van der Waals surface area contributed by atoms with Crippen LogP contribution in [0.3, 0.4) is 0 Å². The molecule has 136 valence electrons. The van der Waals surface area contributed by atoms with Gasteiger partial charge in [0.2, 0.25) is 0 Å². The van der Waals surface area contributed by atoms with E-state index in [1.165, 1.54) is 0 Å². The zero-order chi connectivity index (χ0) is 18.0. The lowest BCUT2D eigenvalue weighted by molar-refractivity contribution is -0.143. The van der Waals surface area contributed by atoms with Crippen molar-refractivity contribution in [3.05, 3.63) is 17.0 Å². The number of hydrogen-bond donors (Lipinski definition) is 1. The maximum atomic E-state index is 14.0. The van der Waals surface area contributed by atoms with Crippen molar-refractivity contribution in [2.24, 2.45) is 0 Å². The van der Waals surface area contributed by atoms with E-state index in [9.17, 15) is 40.2 Å². The molecule has 1 saturated carbocycles. The zero-order valence-corrected chi connectivity index (χ0v) is 11.8. The van der Waals surface area contributed by atoms with Gasteiger partial charge in [0.05, 0.1) is 11.7 Å². The van der Waals surface area contributed by atoms with Gasteiger partial charge in [-0.2, -0.15) is 18.3 Å². The van der Waals surface area contributed by atoms with Gasteiger partial charge in [-0.3, -0.25) is 4.68 Å². The van der Waals surface area contributed by atoms with Crippen LogP contribution in [-0.2, 0) is 6.18 Å². The minimum Gasteiger partial charge on any atom is -0.385 e. The summed E-state index contributed by atoms with van der Waals surface area (Å²) in [6.07, 6.45) is -21.3. The van der Waals surface area contributed by atoms with E-state index in [1.807, 2.05) is 0 Å². The first-order valence-corrected chi connectivity index (χ1v) is 7.12. The van der Waals surface area contributed by atoms with Crippen molar-refractivity contribution in [1.82, 2.24) is 9.78 Å². The summed E-state index contributed by atoms with van der Waals surface area (Å²) in [5.74, 6) is 0. The Morgan fingerprint density at radius 2 is 1.50 bits per heavy atom. The van der Waals surface area contributed by atoms with E-state index in [0.717, 1.165) is 0 Å². The maximum Gasteiger partial charge on any atom is 0.435 e. The second-order valence-electron chi connectivity index (χ2n) is 5.98. The first kappa shape index (κ1) is 17.4. The van der Waals surface area contributed by atoms with E-state index in [1.54, 1.807) is 0 Å². The number of halogens is 8. The average molecular weight is 364 g/mol. The van der Waals surface area contributed by atoms with Gasteiger partial charge in [-0.05, 0) is 0 Å². The normalized spacial score (nSPS) is 40.0. The van der Waals surface area contributed by atoms with Gasteiger partial charge in [-0.15, -0.1) is 0 Å². The van der Waals surface area contributed by atoms with Crippen molar-refractivity contribution in [3.63, 3.8) is 0 Å². The third-order valence-corrected chi connectivity index (χ3v) is 4.42. The predicted molar refractivity (Wildman–Crippen MR) is 63.9 cm³/mol. The number of fused-ring (bicyclic) bond motifs is 1. The van der Waals surface area contributed by atoms with Crippen molar-refractivity contribution < 1.29 is 40.2 Å². The zero-order valence-electron chi connectivity index (χ0n) is 11.8. The quantitative estimate of drug-likeness (QED) is 0.773. The molecule has 1 fully saturated rings. The summed E-state index contributed by atoms with van der Waals surface area (Å²) in [4.78, 5) is 0. The minimum absolute atomic E-state index is 0.358.